The van der Waals surface area contributed by atoms with Gasteiger partial charge in [0, 0.05) is 0 Å². The van der Waals surface area contributed by atoms with E-state index in [1.54, 1.807) is 0 Å². The fourth-order valence-corrected chi connectivity index (χ4v) is 1.44. The van der Waals surface area contributed by atoms with Crippen LogP contribution >= 0.6 is 0 Å². The van der Waals surface area contributed by atoms with Crippen LogP contribution in [0, 0.1) is 6.42 Å². The van der Waals surface area contributed by atoms with E-state index in [0.29, 0.717) is 0 Å². The first-order valence-corrected chi connectivity index (χ1v) is 4.39. The molecule has 0 amide bonds. The van der Waals surface area contributed by atoms with Crippen LogP contribution in [0.4, 0.5) is 0 Å². The lowest BCUT2D eigenvalue weighted by Gasteiger charge is -2.06. The monoisotopic (exact) mass is 141 g/mol. The van der Waals surface area contributed by atoms with E-state index in [1.165, 1.54) is 25.7 Å². The minimum Gasteiger partial charge on any atom is -0.393 e. The number of rotatable bonds is 0. The molecule has 0 aromatic heterocycles. The maximum absolute atomic E-state index is 9.32. The predicted octanol–water partition coefficient (Wildman–Crippen LogP) is 2.30. The Morgan fingerprint density at radius 3 is 2.80 bits per heavy atom. The Morgan fingerprint density at radius 2 is 1.90 bits per heavy atom. The van der Waals surface area contributed by atoms with Crippen molar-refractivity contribution in [3.05, 3.63) is 6.42 Å². The van der Waals surface area contributed by atoms with Gasteiger partial charge in [0.15, 0.2) is 0 Å². The molecule has 1 radical (unpaired) electrons. The molecule has 59 valence electrons. The van der Waals surface area contributed by atoms with Gasteiger partial charge in [0.2, 0.25) is 0 Å². The standard InChI is InChI=1S/C9H17O/c10-9-7-5-3-1-2-4-6-8-9/h3,9-10H,1-2,4-8H2. The first-order valence-electron chi connectivity index (χ1n) is 4.39. The summed E-state index contributed by atoms with van der Waals surface area (Å²) in [6.45, 7) is 0. The van der Waals surface area contributed by atoms with Gasteiger partial charge in [-0.1, -0.05) is 25.7 Å². The summed E-state index contributed by atoms with van der Waals surface area (Å²) in [5, 5.41) is 9.32. The molecule has 1 saturated carbocycles. The van der Waals surface area contributed by atoms with E-state index in [9.17, 15) is 5.11 Å². The lowest BCUT2D eigenvalue weighted by Crippen LogP contribution is -2.04. The highest BCUT2D eigenvalue weighted by atomic mass is 16.3. The third kappa shape index (κ3) is 3.21. The molecule has 1 unspecified atom stereocenters. The van der Waals surface area contributed by atoms with Crippen LogP contribution in [0.1, 0.15) is 44.9 Å². The van der Waals surface area contributed by atoms with E-state index in [-0.39, 0.29) is 6.10 Å². The topological polar surface area (TPSA) is 20.2 Å². The number of hydrogen-bond acceptors (Lipinski definition) is 1. The first kappa shape index (κ1) is 8.06. The van der Waals surface area contributed by atoms with Gasteiger partial charge in [-0.05, 0) is 25.7 Å². The van der Waals surface area contributed by atoms with E-state index in [2.05, 4.69) is 6.42 Å². The van der Waals surface area contributed by atoms with Gasteiger partial charge in [-0.25, -0.2) is 0 Å². The minimum absolute atomic E-state index is 0.0191. The molecule has 0 saturated heterocycles. The molecule has 0 bridgehead atoms. The summed E-state index contributed by atoms with van der Waals surface area (Å²) in [5.74, 6) is 0. The molecule has 0 aliphatic heterocycles. The Labute approximate surface area is 63.4 Å². The number of aliphatic hydroxyl groups excluding tert-OH is 1. The van der Waals surface area contributed by atoms with Crippen molar-refractivity contribution < 1.29 is 5.11 Å². The van der Waals surface area contributed by atoms with Crippen LogP contribution < -0.4 is 0 Å². The van der Waals surface area contributed by atoms with Crippen molar-refractivity contribution >= 4 is 0 Å². The summed E-state index contributed by atoms with van der Waals surface area (Å²) >= 11 is 0. The van der Waals surface area contributed by atoms with Gasteiger partial charge in [-0.15, -0.1) is 0 Å². The molecule has 1 atom stereocenters. The molecule has 1 rings (SSSR count). The smallest absolute Gasteiger partial charge is 0.0540 e. The summed E-state index contributed by atoms with van der Waals surface area (Å²) < 4.78 is 0. The van der Waals surface area contributed by atoms with Crippen molar-refractivity contribution in [3.63, 3.8) is 0 Å². The lowest BCUT2D eigenvalue weighted by molar-refractivity contribution is 0.152. The SMILES string of the molecule is OC1CC[CH]CCCCC1. The molecule has 0 heterocycles. The maximum atomic E-state index is 9.32. The van der Waals surface area contributed by atoms with Crippen molar-refractivity contribution in [2.24, 2.45) is 0 Å². The molecule has 1 heteroatoms. The molecule has 1 N–H and O–H groups in total. The summed E-state index contributed by atoms with van der Waals surface area (Å²) in [5.41, 5.74) is 0. The van der Waals surface area contributed by atoms with Crippen LogP contribution in [-0.2, 0) is 0 Å². The third-order valence-corrected chi connectivity index (χ3v) is 2.15. The summed E-state index contributed by atoms with van der Waals surface area (Å²) in [4.78, 5) is 0. The van der Waals surface area contributed by atoms with Gasteiger partial charge in [0.1, 0.15) is 0 Å². The van der Waals surface area contributed by atoms with E-state index in [0.717, 1.165) is 19.3 Å². The Kier molecular flexibility index (Phi) is 3.81. The second-order valence-corrected chi connectivity index (χ2v) is 3.16. The van der Waals surface area contributed by atoms with Gasteiger partial charge in [0.05, 0.1) is 6.10 Å². The zero-order valence-electron chi connectivity index (χ0n) is 6.55. The third-order valence-electron chi connectivity index (χ3n) is 2.15. The van der Waals surface area contributed by atoms with E-state index in [1.807, 2.05) is 0 Å². The van der Waals surface area contributed by atoms with Crippen LogP contribution in [0.3, 0.4) is 0 Å². The molecule has 0 spiro atoms. The van der Waals surface area contributed by atoms with Gasteiger partial charge < -0.3 is 5.11 Å². The second-order valence-electron chi connectivity index (χ2n) is 3.16. The minimum atomic E-state index is -0.0191. The fourth-order valence-electron chi connectivity index (χ4n) is 1.44. The van der Waals surface area contributed by atoms with Crippen molar-refractivity contribution in [3.8, 4) is 0 Å². The van der Waals surface area contributed by atoms with E-state index in [4.69, 9.17) is 0 Å². The Hall–Kier alpha value is -0.0400. The van der Waals surface area contributed by atoms with Crippen LogP contribution in [0.5, 0.6) is 0 Å². The van der Waals surface area contributed by atoms with Crippen LogP contribution in [0.25, 0.3) is 0 Å². The molecule has 1 nitrogen and oxygen atoms in total. The Balaban J connectivity index is 2.15. The maximum Gasteiger partial charge on any atom is 0.0540 e. The normalized spacial score (nSPS) is 24.9. The zero-order chi connectivity index (χ0) is 7.23. The molecule has 1 aliphatic rings. The van der Waals surface area contributed by atoms with E-state index < -0.39 is 0 Å². The highest BCUT2D eigenvalue weighted by molar-refractivity contribution is 4.70. The highest BCUT2D eigenvalue weighted by Gasteiger charge is 2.05. The van der Waals surface area contributed by atoms with Crippen molar-refractivity contribution in [2.75, 3.05) is 0 Å². The molecule has 0 aromatic carbocycles. The van der Waals surface area contributed by atoms with Gasteiger partial charge >= 0.3 is 0 Å². The number of aliphatic hydroxyl groups is 1. The van der Waals surface area contributed by atoms with E-state index >= 15 is 0 Å². The summed E-state index contributed by atoms with van der Waals surface area (Å²) in [6.07, 6.45) is 10.5. The zero-order valence-corrected chi connectivity index (χ0v) is 6.55. The second kappa shape index (κ2) is 4.73. The van der Waals surface area contributed by atoms with Crippen molar-refractivity contribution in [1.29, 1.82) is 0 Å². The molecule has 1 aliphatic carbocycles. The van der Waals surface area contributed by atoms with Crippen LogP contribution in [0.2, 0.25) is 0 Å². The van der Waals surface area contributed by atoms with Gasteiger partial charge in [-0.2, -0.15) is 0 Å². The molecule has 0 aromatic rings. The fraction of sp³-hybridized carbons (Fsp3) is 0.889. The van der Waals surface area contributed by atoms with Crippen LogP contribution in [-0.4, -0.2) is 11.2 Å². The molecule has 1 fully saturated rings. The van der Waals surface area contributed by atoms with Gasteiger partial charge in [0.25, 0.3) is 0 Å². The summed E-state index contributed by atoms with van der Waals surface area (Å²) in [6, 6.07) is 0. The molecular weight excluding hydrogens is 124 g/mol. The van der Waals surface area contributed by atoms with Crippen molar-refractivity contribution in [2.45, 2.75) is 51.0 Å². The Morgan fingerprint density at radius 1 is 1.00 bits per heavy atom. The quantitative estimate of drug-likeness (QED) is 0.548. The molecular formula is C9H17O. The lowest BCUT2D eigenvalue weighted by atomic mass is 10.1. The highest BCUT2D eigenvalue weighted by Crippen LogP contribution is 2.15. The summed E-state index contributed by atoms with van der Waals surface area (Å²) in [7, 11) is 0. The van der Waals surface area contributed by atoms with Gasteiger partial charge in [-0.3, -0.25) is 0 Å². The Bertz CT molecular complexity index is 70.8. The average molecular weight is 141 g/mol. The largest absolute Gasteiger partial charge is 0.393 e. The van der Waals surface area contributed by atoms with Crippen molar-refractivity contribution in [1.82, 2.24) is 0 Å². The predicted molar refractivity (Wildman–Crippen MR) is 42.6 cm³/mol. The first-order chi connectivity index (χ1) is 4.89. The number of hydrogen-bond donors (Lipinski definition) is 1. The van der Waals surface area contributed by atoms with Crippen LogP contribution in [0.15, 0.2) is 0 Å². The average Bonchev–Trinajstić information content (AvgIpc) is 2.02. The molecule has 10 heavy (non-hydrogen) atoms.